The van der Waals surface area contributed by atoms with Crippen LogP contribution in [-0.2, 0) is 13.2 Å². The van der Waals surface area contributed by atoms with Crippen molar-refractivity contribution in [3.8, 4) is 11.5 Å². The first kappa shape index (κ1) is 17.0. The van der Waals surface area contributed by atoms with Crippen molar-refractivity contribution in [3.05, 3.63) is 29.0 Å². The minimum atomic E-state index is -4.44. The third-order valence-corrected chi connectivity index (χ3v) is 4.37. The van der Waals surface area contributed by atoms with Crippen LogP contribution in [0.25, 0.3) is 22.7 Å². The number of alkyl halides is 3. The van der Waals surface area contributed by atoms with Gasteiger partial charge in [0.2, 0.25) is 0 Å². The van der Waals surface area contributed by atoms with Crippen molar-refractivity contribution in [1.82, 2.24) is 24.7 Å². The topological polar surface area (TPSA) is 56.5 Å². The second kappa shape index (κ2) is 6.21. The van der Waals surface area contributed by atoms with Crippen molar-refractivity contribution in [2.45, 2.75) is 18.0 Å². The number of hydrogen-bond acceptors (Lipinski definition) is 5. The van der Waals surface area contributed by atoms with E-state index in [0.717, 1.165) is 12.3 Å². The highest BCUT2D eigenvalue weighted by molar-refractivity contribution is 7.99. The van der Waals surface area contributed by atoms with Gasteiger partial charge in [0.05, 0.1) is 5.56 Å². The molecular weight excluding hydrogens is 363 g/mol. The van der Waals surface area contributed by atoms with E-state index in [1.807, 2.05) is 6.92 Å². The molecule has 0 aromatic carbocycles. The number of halogens is 4. The van der Waals surface area contributed by atoms with Crippen LogP contribution >= 0.6 is 23.4 Å². The van der Waals surface area contributed by atoms with Crippen molar-refractivity contribution >= 4 is 34.5 Å². The number of thioether (sulfide) groups is 1. The molecule has 0 saturated heterocycles. The van der Waals surface area contributed by atoms with Gasteiger partial charge in [0.15, 0.2) is 16.6 Å². The summed E-state index contributed by atoms with van der Waals surface area (Å²) in [7, 11) is 1.70. The maximum atomic E-state index is 12.9. The minimum absolute atomic E-state index is 0.190. The molecule has 0 N–H and O–H groups in total. The fourth-order valence-electron chi connectivity index (χ4n) is 2.21. The van der Waals surface area contributed by atoms with Crippen molar-refractivity contribution < 1.29 is 13.2 Å². The Morgan fingerprint density at radius 3 is 2.67 bits per heavy atom. The molecule has 3 aromatic heterocycles. The largest absolute Gasteiger partial charge is 0.417 e. The number of nitrogens with zero attached hydrogens (tertiary/aromatic N) is 5. The van der Waals surface area contributed by atoms with Gasteiger partial charge in [-0.3, -0.25) is 4.98 Å². The molecule has 3 aromatic rings. The Morgan fingerprint density at radius 1 is 1.25 bits per heavy atom. The van der Waals surface area contributed by atoms with E-state index >= 15 is 0 Å². The van der Waals surface area contributed by atoms with Crippen molar-refractivity contribution in [2.75, 3.05) is 5.75 Å². The molecule has 126 valence electrons. The van der Waals surface area contributed by atoms with Crippen LogP contribution in [-0.4, -0.2) is 30.5 Å². The van der Waals surface area contributed by atoms with Crippen LogP contribution in [0.2, 0.25) is 5.15 Å². The van der Waals surface area contributed by atoms with Crippen molar-refractivity contribution in [3.63, 3.8) is 0 Å². The fraction of sp³-hybridized carbons (Fsp3) is 0.286. The molecule has 0 aliphatic rings. The Balaban J connectivity index is 2.20. The molecule has 0 atom stereocenters. The number of pyridine rings is 1. The molecule has 3 heterocycles. The van der Waals surface area contributed by atoms with Gasteiger partial charge in [0.1, 0.15) is 11.2 Å². The summed E-state index contributed by atoms with van der Waals surface area (Å²) in [4.78, 5) is 8.81. The molecule has 24 heavy (non-hydrogen) atoms. The highest BCUT2D eigenvalue weighted by Crippen LogP contribution is 2.36. The highest BCUT2D eigenvalue weighted by Gasteiger charge is 2.32. The minimum Gasteiger partial charge on any atom is -0.309 e. The number of imidazole rings is 1. The van der Waals surface area contributed by atoms with E-state index < -0.39 is 11.7 Å². The predicted octanol–water partition coefficient (Wildman–Crippen LogP) is 4.21. The maximum absolute atomic E-state index is 12.9. The number of fused-ring (bicyclic) bond motifs is 1. The van der Waals surface area contributed by atoms with Crippen molar-refractivity contribution in [1.29, 1.82) is 0 Å². The molecule has 0 spiro atoms. The van der Waals surface area contributed by atoms with E-state index in [9.17, 15) is 13.2 Å². The van der Waals surface area contributed by atoms with Crippen LogP contribution in [0.5, 0.6) is 0 Å². The first-order chi connectivity index (χ1) is 11.3. The van der Waals surface area contributed by atoms with Gasteiger partial charge in [-0.1, -0.05) is 18.5 Å². The lowest BCUT2D eigenvalue weighted by atomic mass is 10.2. The molecule has 0 aliphatic carbocycles. The van der Waals surface area contributed by atoms with E-state index in [1.54, 1.807) is 17.7 Å². The fourth-order valence-corrected chi connectivity index (χ4v) is 3.15. The molecule has 0 radical (unpaired) electrons. The molecule has 10 heteroatoms. The summed E-state index contributed by atoms with van der Waals surface area (Å²) >= 11 is 7.08. The molecular formula is C14H11ClF3N5S. The highest BCUT2D eigenvalue weighted by atomic mass is 35.5. The zero-order valence-electron chi connectivity index (χ0n) is 12.6. The Hall–Kier alpha value is -1.87. The number of hydrogen-bond donors (Lipinski definition) is 0. The maximum Gasteiger partial charge on any atom is 0.417 e. The number of rotatable bonds is 3. The Labute approximate surface area is 144 Å². The summed E-state index contributed by atoms with van der Waals surface area (Å²) < 4.78 is 40.4. The molecule has 0 bridgehead atoms. The molecule has 5 nitrogen and oxygen atoms in total. The zero-order chi connectivity index (χ0) is 17.5. The van der Waals surface area contributed by atoms with Gasteiger partial charge in [-0.2, -0.15) is 13.2 Å². The van der Waals surface area contributed by atoms with E-state index in [-0.39, 0.29) is 5.15 Å². The van der Waals surface area contributed by atoms with Crippen LogP contribution in [0.1, 0.15) is 12.5 Å². The van der Waals surface area contributed by atoms with Gasteiger partial charge >= 0.3 is 6.18 Å². The van der Waals surface area contributed by atoms with Gasteiger partial charge in [0.25, 0.3) is 0 Å². The lowest BCUT2D eigenvalue weighted by Gasteiger charge is -2.11. The summed E-state index contributed by atoms with van der Waals surface area (Å²) in [5.74, 6) is 1.01. The van der Waals surface area contributed by atoms with Crippen LogP contribution in [0.15, 0.2) is 23.2 Å². The normalized spacial score (nSPS) is 12.1. The summed E-state index contributed by atoms with van der Waals surface area (Å²) in [5.41, 5.74) is 0.556. The summed E-state index contributed by atoms with van der Waals surface area (Å²) in [6, 6.07) is 2.64. The number of aromatic nitrogens is 5. The van der Waals surface area contributed by atoms with Gasteiger partial charge in [-0.15, -0.1) is 22.0 Å². The predicted molar refractivity (Wildman–Crippen MR) is 85.9 cm³/mol. The van der Waals surface area contributed by atoms with E-state index in [0.29, 0.717) is 33.3 Å². The Kier molecular flexibility index (Phi) is 4.39. The van der Waals surface area contributed by atoms with E-state index in [4.69, 9.17) is 11.6 Å². The molecule has 0 fully saturated rings. The monoisotopic (exact) mass is 373 g/mol. The van der Waals surface area contributed by atoms with Crippen LogP contribution in [0, 0.1) is 0 Å². The first-order valence-corrected chi connectivity index (χ1v) is 8.23. The third-order valence-electron chi connectivity index (χ3n) is 3.28. The standard InChI is InChI=1S/C14H11ClF3N5S/c1-3-24-9-4-7(14(16,17)18)6-19-11(9)13-20-8-5-10(15)21-22-12(8)23(13)2/h4-6H,3H2,1-2H3. The molecule has 0 aliphatic heterocycles. The average Bonchev–Trinajstić information content (AvgIpc) is 2.83. The van der Waals surface area contributed by atoms with Gasteiger partial charge < -0.3 is 4.57 Å². The van der Waals surface area contributed by atoms with Gasteiger partial charge in [-0.25, -0.2) is 4.98 Å². The summed E-state index contributed by atoms with van der Waals surface area (Å²) in [5, 5.41) is 7.91. The first-order valence-electron chi connectivity index (χ1n) is 6.87. The van der Waals surface area contributed by atoms with E-state index in [1.165, 1.54) is 11.8 Å². The van der Waals surface area contributed by atoms with Crippen LogP contribution < -0.4 is 0 Å². The molecule has 0 saturated carbocycles. The smallest absolute Gasteiger partial charge is 0.309 e. The summed E-state index contributed by atoms with van der Waals surface area (Å²) in [6.45, 7) is 1.86. The quantitative estimate of drug-likeness (QED) is 0.644. The summed E-state index contributed by atoms with van der Waals surface area (Å²) in [6.07, 6.45) is -3.63. The number of aryl methyl sites for hydroxylation is 1. The lowest BCUT2D eigenvalue weighted by Crippen LogP contribution is -2.07. The Bertz CT molecular complexity index is 909. The second-order valence-corrected chi connectivity index (χ2v) is 6.56. The van der Waals surface area contributed by atoms with E-state index in [2.05, 4.69) is 20.2 Å². The third kappa shape index (κ3) is 3.05. The van der Waals surface area contributed by atoms with Crippen molar-refractivity contribution in [2.24, 2.45) is 7.05 Å². The zero-order valence-corrected chi connectivity index (χ0v) is 14.2. The van der Waals surface area contributed by atoms with Crippen LogP contribution in [0.3, 0.4) is 0 Å². The molecule has 3 rings (SSSR count). The molecule has 0 unspecified atom stereocenters. The second-order valence-electron chi connectivity index (χ2n) is 4.87. The van der Waals surface area contributed by atoms with Gasteiger partial charge in [0, 0.05) is 24.2 Å². The SMILES string of the molecule is CCSc1cc(C(F)(F)F)cnc1-c1nc2cc(Cl)nnc2n1C. The van der Waals surface area contributed by atoms with Crippen LogP contribution in [0.4, 0.5) is 13.2 Å². The lowest BCUT2D eigenvalue weighted by molar-refractivity contribution is -0.138. The Morgan fingerprint density at radius 2 is 2.00 bits per heavy atom. The average molecular weight is 374 g/mol. The molecule has 0 amide bonds. The van der Waals surface area contributed by atoms with Gasteiger partial charge in [-0.05, 0) is 11.8 Å².